The molecule has 1 aliphatic carbocycles. The molecule has 1 amide bonds. The first-order valence-corrected chi connectivity index (χ1v) is 8.59. The predicted octanol–water partition coefficient (Wildman–Crippen LogP) is 4.27. The van der Waals surface area contributed by atoms with Gasteiger partial charge in [-0.25, -0.2) is 4.98 Å². The van der Waals surface area contributed by atoms with E-state index in [4.69, 9.17) is 17.3 Å². The highest BCUT2D eigenvalue weighted by Crippen LogP contribution is 2.36. The van der Waals surface area contributed by atoms with E-state index < -0.39 is 0 Å². The minimum atomic E-state index is -0.215. The quantitative estimate of drug-likeness (QED) is 0.730. The zero-order valence-electron chi connectivity index (χ0n) is 12.2. The molecule has 0 aliphatic heterocycles. The number of carbonyl (C=O) groups excluding carboxylic acids is 1. The number of aryl methyl sites for hydroxylation is 2. The Morgan fingerprint density at radius 2 is 2.04 bits per heavy atom. The van der Waals surface area contributed by atoms with Gasteiger partial charge in [0.15, 0.2) is 0 Å². The van der Waals surface area contributed by atoms with Gasteiger partial charge in [-0.15, -0.1) is 11.3 Å². The molecule has 3 N–H and O–H groups in total. The molecule has 1 aromatic carbocycles. The number of nitrogens with one attached hydrogen (secondary N) is 1. The van der Waals surface area contributed by atoms with E-state index >= 15 is 0 Å². The van der Waals surface area contributed by atoms with Crippen LogP contribution in [0.2, 0.25) is 5.02 Å². The van der Waals surface area contributed by atoms with Gasteiger partial charge in [0.05, 0.1) is 5.69 Å². The number of nitrogen functional groups attached to an aromatic ring is 1. The molecule has 0 fully saturated rings. The van der Waals surface area contributed by atoms with Gasteiger partial charge in [-0.2, -0.15) is 0 Å². The number of rotatable bonds is 2. The Bertz CT molecular complexity index is 918. The van der Waals surface area contributed by atoms with Crippen LogP contribution in [0.4, 0.5) is 11.4 Å². The van der Waals surface area contributed by atoms with E-state index in [9.17, 15) is 4.79 Å². The van der Waals surface area contributed by atoms with Gasteiger partial charge >= 0.3 is 0 Å². The van der Waals surface area contributed by atoms with Crippen molar-refractivity contribution in [3.63, 3.8) is 0 Å². The van der Waals surface area contributed by atoms with Crippen LogP contribution in [0.3, 0.4) is 0 Å². The summed E-state index contributed by atoms with van der Waals surface area (Å²) in [6.07, 6.45) is 3.19. The van der Waals surface area contributed by atoms with Crippen LogP contribution in [0, 0.1) is 0 Å². The molecule has 4 nitrogen and oxygen atoms in total. The highest BCUT2D eigenvalue weighted by Gasteiger charge is 2.21. The van der Waals surface area contributed by atoms with E-state index in [1.807, 2.05) is 0 Å². The number of hydrogen-bond acceptors (Lipinski definition) is 4. The number of halogens is 1. The summed E-state index contributed by atoms with van der Waals surface area (Å²) in [5.74, 6) is -0.215. The van der Waals surface area contributed by atoms with Gasteiger partial charge in [0.2, 0.25) is 0 Å². The number of pyridine rings is 1. The monoisotopic (exact) mass is 343 g/mol. The summed E-state index contributed by atoms with van der Waals surface area (Å²) in [5, 5.41) is 4.36. The molecule has 6 heteroatoms. The van der Waals surface area contributed by atoms with Crippen molar-refractivity contribution in [2.75, 3.05) is 11.1 Å². The SMILES string of the molecule is Nc1c(C(=O)Nc2ccc(Cl)cc2)sc2nc3c(cc12)CCC3. The summed E-state index contributed by atoms with van der Waals surface area (Å²) >= 11 is 7.20. The number of amides is 1. The number of aromatic nitrogens is 1. The lowest BCUT2D eigenvalue weighted by atomic mass is 10.1. The van der Waals surface area contributed by atoms with Gasteiger partial charge in [-0.1, -0.05) is 11.6 Å². The predicted molar refractivity (Wildman–Crippen MR) is 95.5 cm³/mol. The van der Waals surface area contributed by atoms with Crippen molar-refractivity contribution in [2.45, 2.75) is 19.3 Å². The van der Waals surface area contributed by atoms with E-state index in [0.717, 1.165) is 35.2 Å². The van der Waals surface area contributed by atoms with Crippen molar-refractivity contribution in [2.24, 2.45) is 0 Å². The standard InChI is InChI=1S/C17H14ClN3OS/c18-10-4-6-11(7-5-10)20-16(22)15-14(19)12-8-9-2-1-3-13(9)21-17(12)23-15/h4-8H,1-3,19H2,(H,20,22). The summed E-state index contributed by atoms with van der Waals surface area (Å²) in [4.78, 5) is 18.5. The molecular weight excluding hydrogens is 330 g/mol. The van der Waals surface area contributed by atoms with Crippen molar-refractivity contribution < 1.29 is 4.79 Å². The third-order valence-corrected chi connectivity index (χ3v) is 5.42. The van der Waals surface area contributed by atoms with Crippen molar-refractivity contribution in [3.05, 3.63) is 51.5 Å². The Morgan fingerprint density at radius 1 is 1.26 bits per heavy atom. The minimum absolute atomic E-state index is 0.215. The lowest BCUT2D eigenvalue weighted by Gasteiger charge is -2.04. The first-order valence-electron chi connectivity index (χ1n) is 7.39. The topological polar surface area (TPSA) is 68.0 Å². The molecule has 0 unspecified atom stereocenters. The molecule has 0 saturated carbocycles. The fourth-order valence-corrected chi connectivity index (χ4v) is 4.01. The highest BCUT2D eigenvalue weighted by atomic mass is 35.5. The summed E-state index contributed by atoms with van der Waals surface area (Å²) in [6, 6.07) is 9.08. The van der Waals surface area contributed by atoms with E-state index in [-0.39, 0.29) is 5.91 Å². The normalized spacial score (nSPS) is 13.3. The van der Waals surface area contributed by atoms with E-state index in [2.05, 4.69) is 16.4 Å². The van der Waals surface area contributed by atoms with Gasteiger partial charge in [0, 0.05) is 21.8 Å². The Hall–Kier alpha value is -2.11. The average Bonchev–Trinajstić information content (AvgIpc) is 3.12. The number of hydrogen-bond donors (Lipinski definition) is 2. The molecule has 0 spiro atoms. The van der Waals surface area contributed by atoms with Crippen molar-refractivity contribution in [1.82, 2.24) is 4.98 Å². The lowest BCUT2D eigenvalue weighted by molar-refractivity contribution is 0.103. The van der Waals surface area contributed by atoms with Gasteiger partial charge in [0.1, 0.15) is 9.71 Å². The van der Waals surface area contributed by atoms with E-state index in [1.165, 1.54) is 16.9 Å². The van der Waals surface area contributed by atoms with Crippen LogP contribution in [0.1, 0.15) is 27.3 Å². The molecule has 0 radical (unpaired) electrons. The van der Waals surface area contributed by atoms with Crippen molar-refractivity contribution >= 4 is 50.4 Å². The summed E-state index contributed by atoms with van der Waals surface area (Å²) in [7, 11) is 0. The second-order valence-corrected chi connectivity index (χ2v) is 7.04. The molecule has 0 saturated heterocycles. The van der Waals surface area contributed by atoms with Crippen LogP contribution < -0.4 is 11.1 Å². The summed E-state index contributed by atoms with van der Waals surface area (Å²) in [6.45, 7) is 0. The molecule has 2 aromatic heterocycles. The number of fused-ring (bicyclic) bond motifs is 2. The molecule has 3 aromatic rings. The van der Waals surface area contributed by atoms with Gasteiger partial charge in [-0.05, 0) is 55.2 Å². The lowest BCUT2D eigenvalue weighted by Crippen LogP contribution is -2.11. The summed E-state index contributed by atoms with van der Waals surface area (Å²) < 4.78 is 0. The molecule has 0 bridgehead atoms. The van der Waals surface area contributed by atoms with E-state index in [1.54, 1.807) is 24.3 Å². The summed E-state index contributed by atoms with van der Waals surface area (Å²) in [5.41, 5.74) is 9.80. The highest BCUT2D eigenvalue weighted by molar-refractivity contribution is 7.21. The van der Waals surface area contributed by atoms with Crippen LogP contribution >= 0.6 is 22.9 Å². The number of benzene rings is 1. The number of thiophene rings is 1. The van der Waals surface area contributed by atoms with Gasteiger partial charge < -0.3 is 11.1 Å². The van der Waals surface area contributed by atoms with Gasteiger partial charge in [0.25, 0.3) is 5.91 Å². The Morgan fingerprint density at radius 3 is 2.83 bits per heavy atom. The van der Waals surface area contributed by atoms with Crippen LogP contribution in [-0.2, 0) is 12.8 Å². The molecule has 0 atom stereocenters. The number of nitrogens with zero attached hydrogens (tertiary/aromatic N) is 1. The molecule has 2 heterocycles. The van der Waals surface area contributed by atoms with E-state index in [0.29, 0.717) is 21.3 Å². The molecule has 1 aliphatic rings. The fourth-order valence-electron chi connectivity index (χ4n) is 2.89. The fraction of sp³-hybridized carbons (Fsp3) is 0.176. The van der Waals surface area contributed by atoms with Crippen LogP contribution in [0.25, 0.3) is 10.2 Å². The first kappa shape index (κ1) is 14.5. The second-order valence-electron chi connectivity index (χ2n) is 5.61. The van der Waals surface area contributed by atoms with Crippen LogP contribution in [0.15, 0.2) is 30.3 Å². The maximum Gasteiger partial charge on any atom is 0.267 e. The maximum absolute atomic E-state index is 12.5. The molecule has 116 valence electrons. The smallest absolute Gasteiger partial charge is 0.267 e. The third-order valence-electron chi connectivity index (χ3n) is 4.06. The number of nitrogens with two attached hydrogens (primary N) is 1. The zero-order valence-corrected chi connectivity index (χ0v) is 13.8. The molecule has 23 heavy (non-hydrogen) atoms. The number of anilines is 2. The second kappa shape index (κ2) is 5.51. The average molecular weight is 344 g/mol. The van der Waals surface area contributed by atoms with Crippen molar-refractivity contribution in [1.29, 1.82) is 0 Å². The van der Waals surface area contributed by atoms with Gasteiger partial charge in [-0.3, -0.25) is 4.79 Å². The minimum Gasteiger partial charge on any atom is -0.397 e. The maximum atomic E-state index is 12.5. The molecule has 4 rings (SSSR count). The van der Waals surface area contributed by atoms with Crippen LogP contribution in [0.5, 0.6) is 0 Å². The van der Waals surface area contributed by atoms with Crippen molar-refractivity contribution in [3.8, 4) is 0 Å². The zero-order chi connectivity index (χ0) is 16.0. The Labute approximate surface area is 142 Å². The third kappa shape index (κ3) is 2.56. The molecular formula is C17H14ClN3OS. The first-order chi connectivity index (χ1) is 11.1. The Kier molecular flexibility index (Phi) is 3.47. The Balaban J connectivity index is 1.69. The number of carbonyl (C=O) groups is 1. The largest absolute Gasteiger partial charge is 0.397 e. The van der Waals surface area contributed by atoms with Crippen LogP contribution in [-0.4, -0.2) is 10.9 Å².